The fraction of sp³-hybridized carbons (Fsp3) is 0.462. The molecule has 98 valence electrons. The maximum atomic E-state index is 11.3. The van der Waals surface area contributed by atoms with Gasteiger partial charge < -0.3 is 10.2 Å². The zero-order valence-electron chi connectivity index (χ0n) is 10.1. The molecule has 1 fully saturated rings. The van der Waals surface area contributed by atoms with Crippen LogP contribution in [-0.2, 0) is 4.79 Å². The van der Waals surface area contributed by atoms with Gasteiger partial charge in [-0.25, -0.2) is 0 Å². The number of alkyl halides is 1. The molecule has 1 amide bonds. The summed E-state index contributed by atoms with van der Waals surface area (Å²) in [5, 5.41) is 3.25. The molecule has 1 aromatic rings. The van der Waals surface area contributed by atoms with Gasteiger partial charge in [0.2, 0.25) is 5.91 Å². The second-order valence-electron chi connectivity index (χ2n) is 4.39. The molecule has 0 spiro atoms. The minimum atomic E-state index is -0.241. The van der Waals surface area contributed by atoms with Gasteiger partial charge in [-0.1, -0.05) is 11.6 Å². The predicted octanol–water partition coefficient (Wildman–Crippen LogP) is 3.51. The Morgan fingerprint density at radius 3 is 2.67 bits per heavy atom. The van der Waals surface area contributed by atoms with E-state index in [0.29, 0.717) is 10.7 Å². The zero-order chi connectivity index (χ0) is 13.0. The van der Waals surface area contributed by atoms with Gasteiger partial charge in [-0.15, -0.1) is 11.6 Å². The number of halogens is 2. The summed E-state index contributed by atoms with van der Waals surface area (Å²) in [5.74, 6) is -0.307. The third-order valence-corrected chi connectivity index (χ3v) is 3.64. The molecule has 0 saturated carbocycles. The minimum Gasteiger partial charge on any atom is -0.371 e. The number of hydrogen-bond donors (Lipinski definition) is 1. The minimum absolute atomic E-state index is 0.0652. The third kappa shape index (κ3) is 3.30. The second kappa shape index (κ2) is 6.30. The van der Waals surface area contributed by atoms with Crippen molar-refractivity contribution in [2.24, 2.45) is 0 Å². The lowest BCUT2D eigenvalue weighted by Crippen LogP contribution is -2.29. The number of carbonyl (C=O) groups excluding carboxylic acids is 1. The summed E-state index contributed by atoms with van der Waals surface area (Å²) in [6.07, 6.45) is 3.72. The largest absolute Gasteiger partial charge is 0.371 e. The molecule has 0 aliphatic carbocycles. The van der Waals surface area contributed by atoms with Gasteiger partial charge in [0.1, 0.15) is 5.88 Å². The van der Waals surface area contributed by atoms with Gasteiger partial charge in [-0.3, -0.25) is 4.79 Å². The van der Waals surface area contributed by atoms with Crippen LogP contribution in [0.2, 0.25) is 5.02 Å². The monoisotopic (exact) mass is 286 g/mol. The quantitative estimate of drug-likeness (QED) is 0.863. The molecule has 0 unspecified atom stereocenters. The standard InChI is InChI=1S/C13H16Cl2N2O/c14-9-13(18)16-12-8-10(4-5-11(12)15)17-6-2-1-3-7-17/h4-5,8H,1-3,6-7,9H2,(H,16,18). The molecule has 18 heavy (non-hydrogen) atoms. The lowest BCUT2D eigenvalue weighted by atomic mass is 10.1. The van der Waals surface area contributed by atoms with E-state index in [-0.39, 0.29) is 11.8 Å². The molecule has 1 heterocycles. The first-order valence-electron chi connectivity index (χ1n) is 6.11. The van der Waals surface area contributed by atoms with E-state index in [0.717, 1.165) is 18.8 Å². The first-order chi connectivity index (χ1) is 8.70. The highest BCUT2D eigenvalue weighted by atomic mass is 35.5. The summed E-state index contributed by atoms with van der Waals surface area (Å²) in [4.78, 5) is 13.6. The molecule has 2 rings (SSSR count). The molecule has 1 N–H and O–H groups in total. The van der Waals surface area contributed by atoms with E-state index in [1.165, 1.54) is 19.3 Å². The van der Waals surface area contributed by atoms with Crippen molar-refractivity contribution in [2.45, 2.75) is 19.3 Å². The average Bonchev–Trinajstić information content (AvgIpc) is 2.42. The summed E-state index contributed by atoms with van der Waals surface area (Å²) in [6.45, 7) is 2.12. The van der Waals surface area contributed by atoms with Gasteiger partial charge in [0, 0.05) is 18.8 Å². The van der Waals surface area contributed by atoms with Crippen molar-refractivity contribution in [2.75, 3.05) is 29.2 Å². The van der Waals surface area contributed by atoms with Crippen molar-refractivity contribution in [3.05, 3.63) is 23.2 Å². The number of carbonyl (C=O) groups is 1. The predicted molar refractivity (Wildman–Crippen MR) is 76.9 cm³/mol. The van der Waals surface area contributed by atoms with Gasteiger partial charge >= 0.3 is 0 Å². The Morgan fingerprint density at radius 2 is 2.00 bits per heavy atom. The van der Waals surface area contributed by atoms with E-state index >= 15 is 0 Å². The van der Waals surface area contributed by atoms with E-state index in [2.05, 4.69) is 10.2 Å². The molecular formula is C13H16Cl2N2O. The Hall–Kier alpha value is -0.930. The Balaban J connectivity index is 2.16. The molecular weight excluding hydrogens is 271 g/mol. The molecule has 0 bridgehead atoms. The molecule has 1 aliphatic heterocycles. The lowest BCUT2D eigenvalue weighted by molar-refractivity contribution is -0.113. The Kier molecular flexibility index (Phi) is 4.72. The third-order valence-electron chi connectivity index (χ3n) is 3.07. The van der Waals surface area contributed by atoms with Crippen molar-refractivity contribution >= 4 is 40.5 Å². The Morgan fingerprint density at radius 1 is 1.28 bits per heavy atom. The molecule has 0 atom stereocenters. The fourth-order valence-corrected chi connectivity index (χ4v) is 2.37. The van der Waals surface area contributed by atoms with Gasteiger partial charge in [0.25, 0.3) is 0 Å². The number of benzene rings is 1. The van der Waals surface area contributed by atoms with Crippen molar-refractivity contribution in [1.29, 1.82) is 0 Å². The van der Waals surface area contributed by atoms with E-state index in [4.69, 9.17) is 23.2 Å². The molecule has 1 aromatic carbocycles. The summed E-state index contributed by atoms with van der Waals surface area (Å²) >= 11 is 11.5. The second-order valence-corrected chi connectivity index (χ2v) is 5.07. The van der Waals surface area contributed by atoms with Crippen LogP contribution in [0.3, 0.4) is 0 Å². The van der Waals surface area contributed by atoms with Crippen LogP contribution in [0.5, 0.6) is 0 Å². The number of nitrogens with one attached hydrogen (secondary N) is 1. The van der Waals surface area contributed by atoms with Crippen LogP contribution in [0, 0.1) is 0 Å². The summed E-state index contributed by atoms with van der Waals surface area (Å²) < 4.78 is 0. The number of hydrogen-bond acceptors (Lipinski definition) is 2. The van der Waals surface area contributed by atoms with Crippen LogP contribution in [0.4, 0.5) is 11.4 Å². The number of nitrogens with zero attached hydrogens (tertiary/aromatic N) is 1. The van der Waals surface area contributed by atoms with Crippen LogP contribution < -0.4 is 10.2 Å². The molecule has 3 nitrogen and oxygen atoms in total. The lowest BCUT2D eigenvalue weighted by Gasteiger charge is -2.29. The highest BCUT2D eigenvalue weighted by Gasteiger charge is 2.13. The van der Waals surface area contributed by atoms with Gasteiger partial charge in [0.15, 0.2) is 0 Å². The van der Waals surface area contributed by atoms with Crippen LogP contribution in [0.1, 0.15) is 19.3 Å². The van der Waals surface area contributed by atoms with Crippen LogP contribution in [0.15, 0.2) is 18.2 Å². The fourth-order valence-electron chi connectivity index (χ4n) is 2.14. The summed E-state index contributed by atoms with van der Waals surface area (Å²) in [5.41, 5.74) is 1.73. The SMILES string of the molecule is O=C(CCl)Nc1cc(N2CCCCC2)ccc1Cl. The molecule has 0 radical (unpaired) electrons. The summed E-state index contributed by atoms with van der Waals surface area (Å²) in [7, 11) is 0. The van der Waals surface area contributed by atoms with Crippen molar-refractivity contribution < 1.29 is 4.79 Å². The van der Waals surface area contributed by atoms with E-state index in [1.807, 2.05) is 18.2 Å². The summed E-state index contributed by atoms with van der Waals surface area (Å²) in [6, 6.07) is 5.72. The van der Waals surface area contributed by atoms with Gasteiger partial charge in [-0.05, 0) is 37.5 Å². The van der Waals surface area contributed by atoms with E-state index in [1.54, 1.807) is 0 Å². The topological polar surface area (TPSA) is 32.3 Å². The number of rotatable bonds is 3. The number of amides is 1. The van der Waals surface area contributed by atoms with Crippen molar-refractivity contribution in [1.82, 2.24) is 0 Å². The van der Waals surface area contributed by atoms with E-state index in [9.17, 15) is 4.79 Å². The van der Waals surface area contributed by atoms with Crippen LogP contribution in [0.25, 0.3) is 0 Å². The zero-order valence-corrected chi connectivity index (χ0v) is 11.6. The number of piperidine rings is 1. The average molecular weight is 287 g/mol. The maximum absolute atomic E-state index is 11.3. The smallest absolute Gasteiger partial charge is 0.239 e. The molecule has 0 aromatic heterocycles. The molecule has 5 heteroatoms. The first-order valence-corrected chi connectivity index (χ1v) is 7.02. The van der Waals surface area contributed by atoms with Crippen LogP contribution in [-0.4, -0.2) is 24.9 Å². The Bertz CT molecular complexity index is 431. The normalized spacial score (nSPS) is 15.6. The van der Waals surface area contributed by atoms with Gasteiger partial charge in [-0.2, -0.15) is 0 Å². The maximum Gasteiger partial charge on any atom is 0.239 e. The van der Waals surface area contributed by atoms with E-state index < -0.39 is 0 Å². The van der Waals surface area contributed by atoms with Crippen molar-refractivity contribution in [3.63, 3.8) is 0 Å². The highest BCUT2D eigenvalue weighted by molar-refractivity contribution is 6.34. The molecule has 1 aliphatic rings. The van der Waals surface area contributed by atoms with Crippen LogP contribution >= 0.6 is 23.2 Å². The highest BCUT2D eigenvalue weighted by Crippen LogP contribution is 2.29. The molecule has 1 saturated heterocycles. The Labute approximate surface area is 117 Å². The first kappa shape index (κ1) is 13.5. The van der Waals surface area contributed by atoms with Gasteiger partial charge in [0.05, 0.1) is 10.7 Å². The number of anilines is 2. The van der Waals surface area contributed by atoms with Crippen molar-refractivity contribution in [3.8, 4) is 0 Å².